The van der Waals surface area contributed by atoms with E-state index in [0.29, 0.717) is 29.4 Å². The van der Waals surface area contributed by atoms with Gasteiger partial charge in [0.15, 0.2) is 11.5 Å². The fraction of sp³-hybridized carbons (Fsp3) is 0.143. The van der Waals surface area contributed by atoms with E-state index < -0.39 is 0 Å². The summed E-state index contributed by atoms with van der Waals surface area (Å²) < 4.78 is 10.6. The molecule has 6 nitrogen and oxygen atoms in total. The van der Waals surface area contributed by atoms with Gasteiger partial charge in [-0.15, -0.1) is 0 Å². The molecule has 4 rings (SSSR count). The highest BCUT2D eigenvalue weighted by atomic mass is 16.7. The van der Waals surface area contributed by atoms with Crippen LogP contribution in [0.1, 0.15) is 21.5 Å². The zero-order valence-electron chi connectivity index (χ0n) is 14.9. The molecule has 0 bridgehead atoms. The number of rotatable bonds is 5. The lowest BCUT2D eigenvalue weighted by atomic mass is 10.1. The standard InChI is InChI=1S/C21H19N3O3/c1-14-3-2-4-15(9-14)11-22-17-6-8-20(23-12-17)24-21(25)16-5-7-18-19(10-16)27-13-26-18/h2-10,12,22H,11,13H2,1H3,(H,23,24,25). The first-order valence-electron chi connectivity index (χ1n) is 8.64. The van der Waals surface area contributed by atoms with Gasteiger partial charge in [0.2, 0.25) is 6.79 Å². The normalized spacial score (nSPS) is 11.9. The maximum atomic E-state index is 12.4. The highest BCUT2D eigenvalue weighted by Gasteiger charge is 2.16. The molecule has 0 unspecified atom stereocenters. The molecule has 0 fully saturated rings. The molecule has 3 aromatic rings. The predicted molar refractivity (Wildman–Crippen MR) is 103 cm³/mol. The van der Waals surface area contributed by atoms with E-state index in [2.05, 4.69) is 40.7 Å². The Kier molecular flexibility index (Phi) is 4.61. The molecule has 2 aromatic carbocycles. The molecule has 27 heavy (non-hydrogen) atoms. The van der Waals surface area contributed by atoms with Crippen molar-refractivity contribution in [2.45, 2.75) is 13.5 Å². The van der Waals surface area contributed by atoms with Gasteiger partial charge in [-0.1, -0.05) is 29.8 Å². The van der Waals surface area contributed by atoms with Crippen molar-refractivity contribution in [3.63, 3.8) is 0 Å². The minimum Gasteiger partial charge on any atom is -0.454 e. The summed E-state index contributed by atoms with van der Waals surface area (Å²) in [5, 5.41) is 6.11. The lowest BCUT2D eigenvalue weighted by molar-refractivity contribution is 0.102. The number of nitrogens with zero attached hydrogens (tertiary/aromatic N) is 1. The van der Waals surface area contributed by atoms with Crippen molar-refractivity contribution >= 4 is 17.4 Å². The average Bonchev–Trinajstić information content (AvgIpc) is 3.15. The van der Waals surface area contributed by atoms with Crippen LogP contribution in [-0.2, 0) is 6.54 Å². The molecule has 136 valence electrons. The minimum absolute atomic E-state index is 0.180. The Labute approximate surface area is 157 Å². The third-order valence-electron chi connectivity index (χ3n) is 4.22. The van der Waals surface area contributed by atoms with Crippen LogP contribution >= 0.6 is 0 Å². The number of carbonyl (C=O) groups is 1. The molecule has 0 aliphatic carbocycles. The molecule has 0 spiro atoms. The monoisotopic (exact) mass is 361 g/mol. The van der Waals surface area contributed by atoms with E-state index in [-0.39, 0.29) is 12.7 Å². The van der Waals surface area contributed by atoms with Gasteiger partial charge in [0.25, 0.3) is 5.91 Å². The topological polar surface area (TPSA) is 72.5 Å². The molecule has 1 aliphatic rings. The number of pyridine rings is 1. The van der Waals surface area contributed by atoms with Crippen molar-refractivity contribution in [2.75, 3.05) is 17.4 Å². The molecule has 6 heteroatoms. The molecular weight excluding hydrogens is 342 g/mol. The summed E-state index contributed by atoms with van der Waals surface area (Å²) in [5.41, 5.74) is 3.81. The third kappa shape index (κ3) is 4.00. The van der Waals surface area contributed by atoms with E-state index in [9.17, 15) is 4.79 Å². The summed E-state index contributed by atoms with van der Waals surface area (Å²) in [5.74, 6) is 1.46. The molecule has 2 heterocycles. The number of benzene rings is 2. The summed E-state index contributed by atoms with van der Waals surface area (Å²) in [7, 11) is 0. The van der Waals surface area contributed by atoms with Crippen LogP contribution in [0.2, 0.25) is 0 Å². The fourth-order valence-electron chi connectivity index (χ4n) is 2.82. The van der Waals surface area contributed by atoms with Crippen LogP contribution in [0.5, 0.6) is 11.5 Å². The van der Waals surface area contributed by atoms with Gasteiger partial charge in [-0.05, 0) is 42.8 Å². The van der Waals surface area contributed by atoms with Gasteiger partial charge in [-0.25, -0.2) is 4.98 Å². The Morgan fingerprint density at radius 3 is 2.78 bits per heavy atom. The maximum Gasteiger partial charge on any atom is 0.256 e. The number of fused-ring (bicyclic) bond motifs is 1. The average molecular weight is 361 g/mol. The highest BCUT2D eigenvalue weighted by molar-refractivity contribution is 6.04. The Hall–Kier alpha value is -3.54. The van der Waals surface area contributed by atoms with E-state index in [0.717, 1.165) is 5.69 Å². The first-order chi connectivity index (χ1) is 13.2. The lowest BCUT2D eigenvalue weighted by Gasteiger charge is -2.09. The molecule has 0 radical (unpaired) electrons. The lowest BCUT2D eigenvalue weighted by Crippen LogP contribution is -2.13. The first-order valence-corrected chi connectivity index (χ1v) is 8.64. The van der Waals surface area contributed by atoms with E-state index in [4.69, 9.17) is 9.47 Å². The predicted octanol–water partition coefficient (Wildman–Crippen LogP) is 3.98. The van der Waals surface area contributed by atoms with Crippen molar-refractivity contribution in [3.8, 4) is 11.5 Å². The van der Waals surface area contributed by atoms with Gasteiger partial charge in [0.05, 0.1) is 11.9 Å². The molecule has 0 atom stereocenters. The number of hydrogen-bond acceptors (Lipinski definition) is 5. The van der Waals surface area contributed by atoms with E-state index in [1.54, 1.807) is 30.5 Å². The van der Waals surface area contributed by atoms with Gasteiger partial charge < -0.3 is 20.1 Å². The summed E-state index contributed by atoms with van der Waals surface area (Å²) in [6.07, 6.45) is 1.70. The summed E-state index contributed by atoms with van der Waals surface area (Å²) in [6, 6.07) is 17.1. The number of amides is 1. The van der Waals surface area contributed by atoms with Crippen molar-refractivity contribution in [1.29, 1.82) is 0 Å². The van der Waals surface area contributed by atoms with Crippen LogP contribution in [0.15, 0.2) is 60.8 Å². The van der Waals surface area contributed by atoms with E-state index in [1.165, 1.54) is 11.1 Å². The van der Waals surface area contributed by atoms with Crippen LogP contribution in [0.25, 0.3) is 0 Å². The zero-order valence-corrected chi connectivity index (χ0v) is 14.9. The van der Waals surface area contributed by atoms with Gasteiger partial charge in [-0.2, -0.15) is 0 Å². The number of ether oxygens (including phenoxy) is 2. The minimum atomic E-state index is -0.249. The number of hydrogen-bond donors (Lipinski definition) is 2. The van der Waals surface area contributed by atoms with Crippen molar-refractivity contribution < 1.29 is 14.3 Å². The molecular formula is C21H19N3O3. The third-order valence-corrected chi connectivity index (χ3v) is 4.22. The first kappa shape index (κ1) is 16.9. The quantitative estimate of drug-likeness (QED) is 0.719. The Morgan fingerprint density at radius 1 is 1.07 bits per heavy atom. The zero-order chi connectivity index (χ0) is 18.6. The number of carbonyl (C=O) groups excluding carboxylic acids is 1. The molecule has 1 aliphatic heterocycles. The Morgan fingerprint density at radius 2 is 1.96 bits per heavy atom. The smallest absolute Gasteiger partial charge is 0.256 e. The number of aryl methyl sites for hydroxylation is 1. The van der Waals surface area contributed by atoms with Crippen LogP contribution in [0.4, 0.5) is 11.5 Å². The molecule has 0 saturated heterocycles. The second kappa shape index (κ2) is 7.37. The Balaban J connectivity index is 1.36. The van der Waals surface area contributed by atoms with E-state index >= 15 is 0 Å². The summed E-state index contributed by atoms with van der Waals surface area (Å²) in [6.45, 7) is 2.97. The van der Waals surface area contributed by atoms with Crippen LogP contribution in [0, 0.1) is 6.92 Å². The maximum absolute atomic E-state index is 12.4. The fourth-order valence-corrected chi connectivity index (χ4v) is 2.82. The summed E-state index contributed by atoms with van der Waals surface area (Å²) >= 11 is 0. The Bertz CT molecular complexity index is 971. The van der Waals surface area contributed by atoms with Crippen molar-refractivity contribution in [2.24, 2.45) is 0 Å². The SMILES string of the molecule is Cc1cccc(CNc2ccc(NC(=O)c3ccc4c(c3)OCO4)nc2)c1. The highest BCUT2D eigenvalue weighted by Crippen LogP contribution is 2.32. The largest absolute Gasteiger partial charge is 0.454 e. The number of nitrogens with one attached hydrogen (secondary N) is 2. The second-order valence-corrected chi connectivity index (χ2v) is 6.30. The number of anilines is 2. The van der Waals surface area contributed by atoms with Gasteiger partial charge in [-0.3, -0.25) is 4.79 Å². The molecule has 1 aromatic heterocycles. The van der Waals surface area contributed by atoms with Crippen LogP contribution in [0.3, 0.4) is 0 Å². The second-order valence-electron chi connectivity index (χ2n) is 6.30. The van der Waals surface area contributed by atoms with Crippen molar-refractivity contribution in [1.82, 2.24) is 4.98 Å². The number of aromatic nitrogens is 1. The van der Waals surface area contributed by atoms with Gasteiger partial charge in [0.1, 0.15) is 5.82 Å². The molecule has 0 saturated carbocycles. The van der Waals surface area contributed by atoms with E-state index in [1.807, 2.05) is 12.1 Å². The van der Waals surface area contributed by atoms with Crippen molar-refractivity contribution in [3.05, 3.63) is 77.5 Å². The van der Waals surface area contributed by atoms with Gasteiger partial charge >= 0.3 is 0 Å². The van der Waals surface area contributed by atoms with Crippen LogP contribution < -0.4 is 20.1 Å². The molecule has 2 N–H and O–H groups in total. The summed E-state index contributed by atoms with van der Waals surface area (Å²) in [4.78, 5) is 16.7. The van der Waals surface area contributed by atoms with Gasteiger partial charge in [0, 0.05) is 12.1 Å². The molecule has 1 amide bonds. The van der Waals surface area contributed by atoms with Crippen LogP contribution in [-0.4, -0.2) is 17.7 Å².